The number of ether oxygens (including phenoxy) is 1. The Kier molecular flexibility index (Phi) is 2.52. The Balaban J connectivity index is 1.99. The summed E-state index contributed by atoms with van der Waals surface area (Å²) >= 11 is 0. The number of hydrogen-bond acceptors (Lipinski definition) is 4. The molecule has 0 amide bonds. The van der Waals surface area contributed by atoms with E-state index in [1.165, 1.54) is 0 Å². The lowest BCUT2D eigenvalue weighted by Crippen LogP contribution is -2.48. The second kappa shape index (κ2) is 4.02. The monoisotopic (exact) mass is 310 g/mol. The summed E-state index contributed by atoms with van der Waals surface area (Å²) in [6.07, 6.45) is 0. The minimum Gasteiger partial charge on any atom is -0.454 e. The van der Waals surface area contributed by atoms with Crippen molar-refractivity contribution in [2.75, 3.05) is 0 Å². The molecule has 1 heterocycles. The van der Waals surface area contributed by atoms with Crippen LogP contribution in [0.4, 0.5) is 0 Å². The van der Waals surface area contributed by atoms with Crippen molar-refractivity contribution >= 4 is 5.78 Å². The molecule has 4 rings (SSSR count). The lowest BCUT2D eigenvalue weighted by Gasteiger charge is -2.29. The number of ketones is 1. The third-order valence-electron chi connectivity index (χ3n) is 4.85. The fraction of sp³-hybridized carbons (Fsp3) is 0.316. The maximum Gasteiger partial charge on any atom is 0.276 e. The zero-order chi connectivity index (χ0) is 16.6. The van der Waals surface area contributed by atoms with Crippen LogP contribution in [0.5, 0.6) is 5.75 Å². The minimum atomic E-state index is -2.10. The molecule has 23 heavy (non-hydrogen) atoms. The molecule has 118 valence electrons. The predicted octanol–water partition coefficient (Wildman–Crippen LogP) is 2.61. The molecule has 0 saturated heterocycles. The summed E-state index contributed by atoms with van der Waals surface area (Å²) in [7, 11) is 0. The second-order valence-corrected chi connectivity index (χ2v) is 7.29. The lowest BCUT2D eigenvalue weighted by atomic mass is 9.81. The maximum atomic E-state index is 12.8. The first-order valence-electron chi connectivity index (χ1n) is 7.62. The third-order valence-corrected chi connectivity index (χ3v) is 4.85. The van der Waals surface area contributed by atoms with Crippen molar-refractivity contribution in [3.63, 3.8) is 0 Å². The first-order valence-corrected chi connectivity index (χ1v) is 7.62. The third kappa shape index (κ3) is 1.55. The van der Waals surface area contributed by atoms with Crippen LogP contribution in [0.1, 0.15) is 47.8 Å². The van der Waals surface area contributed by atoms with Gasteiger partial charge in [0.1, 0.15) is 5.75 Å². The molecule has 2 aromatic carbocycles. The summed E-state index contributed by atoms with van der Waals surface area (Å²) in [5.74, 6) is -2.26. The molecule has 0 saturated carbocycles. The number of hydrogen-bond donors (Lipinski definition) is 2. The van der Waals surface area contributed by atoms with Gasteiger partial charge in [-0.25, -0.2) is 0 Å². The summed E-state index contributed by atoms with van der Waals surface area (Å²) in [4.78, 5) is 12.8. The van der Waals surface area contributed by atoms with Crippen molar-refractivity contribution in [2.24, 2.45) is 0 Å². The Morgan fingerprint density at radius 2 is 1.70 bits per heavy atom. The van der Waals surface area contributed by atoms with Gasteiger partial charge in [-0.1, -0.05) is 51.1 Å². The Bertz CT molecular complexity index is 849. The quantitative estimate of drug-likeness (QED) is 0.785. The molecule has 1 aliphatic heterocycles. The molecule has 2 atom stereocenters. The average molecular weight is 310 g/mol. The van der Waals surface area contributed by atoms with Gasteiger partial charge in [-0.3, -0.25) is 4.79 Å². The van der Waals surface area contributed by atoms with Crippen molar-refractivity contribution < 1.29 is 19.7 Å². The number of Topliss-reactive ketones (excluding diaryl/α,β-unsaturated/α-hetero) is 1. The minimum absolute atomic E-state index is 0.152. The van der Waals surface area contributed by atoms with Gasteiger partial charge in [-0.05, 0) is 23.1 Å². The molecule has 0 unspecified atom stereocenters. The first-order chi connectivity index (χ1) is 10.7. The van der Waals surface area contributed by atoms with Crippen LogP contribution >= 0.6 is 0 Å². The van der Waals surface area contributed by atoms with E-state index in [1.807, 2.05) is 26.8 Å². The molecule has 2 aliphatic rings. The van der Waals surface area contributed by atoms with Gasteiger partial charge in [0.05, 0.1) is 0 Å². The molecule has 4 heteroatoms. The van der Waals surface area contributed by atoms with E-state index in [2.05, 4.69) is 0 Å². The van der Waals surface area contributed by atoms with Gasteiger partial charge in [-0.2, -0.15) is 0 Å². The van der Waals surface area contributed by atoms with Crippen LogP contribution in [-0.2, 0) is 16.8 Å². The fourth-order valence-electron chi connectivity index (χ4n) is 3.48. The highest BCUT2D eigenvalue weighted by atomic mass is 16.7. The molecule has 4 nitrogen and oxygen atoms in total. The molecule has 0 aromatic heterocycles. The molecular weight excluding hydrogens is 292 g/mol. The smallest absolute Gasteiger partial charge is 0.276 e. The molecule has 0 bridgehead atoms. The summed E-state index contributed by atoms with van der Waals surface area (Å²) in [6.45, 7) is 6.14. The topological polar surface area (TPSA) is 66.8 Å². The van der Waals surface area contributed by atoms with E-state index in [4.69, 9.17) is 4.74 Å². The van der Waals surface area contributed by atoms with Crippen LogP contribution in [0.25, 0.3) is 0 Å². The summed E-state index contributed by atoms with van der Waals surface area (Å²) in [5.41, 5.74) is -0.367. The predicted molar refractivity (Wildman–Crippen MR) is 84.3 cm³/mol. The molecule has 2 aromatic rings. The van der Waals surface area contributed by atoms with Crippen molar-refractivity contribution in [2.45, 2.75) is 37.6 Å². The van der Waals surface area contributed by atoms with E-state index < -0.39 is 17.2 Å². The van der Waals surface area contributed by atoms with Crippen molar-refractivity contribution in [1.29, 1.82) is 0 Å². The fourth-order valence-corrected chi connectivity index (χ4v) is 3.48. The largest absolute Gasteiger partial charge is 0.454 e. The lowest BCUT2D eigenvalue weighted by molar-refractivity contribution is -0.224. The van der Waals surface area contributed by atoms with E-state index in [0.717, 1.165) is 5.56 Å². The summed E-state index contributed by atoms with van der Waals surface area (Å²) < 4.78 is 5.67. The number of fused-ring (bicyclic) bond motifs is 5. The zero-order valence-corrected chi connectivity index (χ0v) is 13.3. The Morgan fingerprint density at radius 3 is 2.39 bits per heavy atom. The Hall–Kier alpha value is -2.17. The average Bonchev–Trinajstić information content (AvgIpc) is 2.83. The molecule has 2 N–H and O–H groups in total. The van der Waals surface area contributed by atoms with E-state index in [1.54, 1.807) is 36.4 Å². The van der Waals surface area contributed by atoms with Crippen molar-refractivity contribution in [3.05, 3.63) is 64.7 Å². The van der Waals surface area contributed by atoms with Crippen molar-refractivity contribution in [1.82, 2.24) is 0 Å². The highest BCUT2D eigenvalue weighted by Crippen LogP contribution is 2.58. The van der Waals surface area contributed by atoms with E-state index >= 15 is 0 Å². The van der Waals surface area contributed by atoms with Crippen LogP contribution < -0.4 is 4.74 Å². The van der Waals surface area contributed by atoms with Gasteiger partial charge in [0.15, 0.2) is 0 Å². The number of rotatable bonds is 0. The highest BCUT2D eigenvalue weighted by molar-refractivity contribution is 6.09. The summed E-state index contributed by atoms with van der Waals surface area (Å²) in [6, 6.07) is 12.0. The number of aliphatic hydroxyl groups is 2. The molecular formula is C19H18O4. The molecule has 0 spiro atoms. The Labute approximate surface area is 134 Å². The van der Waals surface area contributed by atoms with E-state index in [9.17, 15) is 15.0 Å². The van der Waals surface area contributed by atoms with E-state index in [0.29, 0.717) is 22.4 Å². The number of carbonyl (C=O) groups excluding carboxylic acids is 1. The van der Waals surface area contributed by atoms with Crippen LogP contribution in [0.2, 0.25) is 0 Å². The zero-order valence-electron chi connectivity index (χ0n) is 13.3. The van der Waals surface area contributed by atoms with Crippen LogP contribution in [0.15, 0.2) is 42.5 Å². The molecule has 0 radical (unpaired) electrons. The Morgan fingerprint density at radius 1 is 1.00 bits per heavy atom. The standard InChI is InChI=1S/C19H18O4/c1-17(2,3)11-8-9-15-14(10-11)18(21)16(20)12-6-4-5-7-13(12)19(18,22)23-15/h4-10,21-22H,1-3H3/t18-,19-/m1/s1. The van der Waals surface area contributed by atoms with Gasteiger partial charge in [0.25, 0.3) is 5.79 Å². The second-order valence-electron chi connectivity index (χ2n) is 7.29. The summed E-state index contributed by atoms with van der Waals surface area (Å²) in [5, 5.41) is 22.2. The van der Waals surface area contributed by atoms with E-state index in [-0.39, 0.29) is 5.41 Å². The van der Waals surface area contributed by atoms with Crippen LogP contribution in [-0.4, -0.2) is 16.0 Å². The maximum absolute atomic E-state index is 12.8. The molecule has 1 aliphatic carbocycles. The van der Waals surface area contributed by atoms with Gasteiger partial charge in [0.2, 0.25) is 11.4 Å². The first kappa shape index (κ1) is 14.4. The van der Waals surface area contributed by atoms with Gasteiger partial charge >= 0.3 is 0 Å². The van der Waals surface area contributed by atoms with Gasteiger partial charge in [-0.15, -0.1) is 0 Å². The van der Waals surface area contributed by atoms with Crippen molar-refractivity contribution in [3.8, 4) is 5.75 Å². The highest BCUT2D eigenvalue weighted by Gasteiger charge is 2.70. The van der Waals surface area contributed by atoms with Crippen LogP contribution in [0, 0.1) is 0 Å². The number of carbonyl (C=O) groups is 1. The number of benzene rings is 2. The van der Waals surface area contributed by atoms with Gasteiger partial charge in [0, 0.05) is 16.7 Å². The van der Waals surface area contributed by atoms with Crippen LogP contribution in [0.3, 0.4) is 0 Å². The molecule has 0 fully saturated rings. The normalized spacial score (nSPS) is 28.1. The SMILES string of the molecule is CC(C)(C)c1ccc2c(c1)[C@@]1(O)C(=O)c3ccccc3[C@@]1(O)O2. The van der Waals surface area contributed by atoms with Gasteiger partial charge < -0.3 is 14.9 Å².